The SMILES string of the molecule is CC(=O)Nc1ccc(NC(=O)c2cc(C)c(N3C[C@@H](Cc4ccccc4F)C[C@@H](C)C3=O)c(C)c2)cc1. The van der Waals surface area contributed by atoms with Crippen molar-refractivity contribution < 1.29 is 18.8 Å². The molecule has 3 aromatic rings. The van der Waals surface area contributed by atoms with Gasteiger partial charge in [0.25, 0.3) is 5.91 Å². The number of rotatable bonds is 6. The lowest BCUT2D eigenvalue weighted by molar-refractivity contribution is -0.124. The molecule has 1 fully saturated rings. The number of aryl methyl sites for hydroxylation is 2. The second kappa shape index (κ2) is 10.9. The van der Waals surface area contributed by atoms with Gasteiger partial charge in [-0.2, -0.15) is 0 Å². The van der Waals surface area contributed by atoms with Crippen LogP contribution in [0.3, 0.4) is 0 Å². The Morgan fingerprint density at radius 1 is 0.973 bits per heavy atom. The smallest absolute Gasteiger partial charge is 0.255 e. The molecule has 3 amide bonds. The zero-order valence-corrected chi connectivity index (χ0v) is 21.6. The number of hydrogen-bond acceptors (Lipinski definition) is 3. The van der Waals surface area contributed by atoms with Crippen LogP contribution in [0.2, 0.25) is 0 Å². The van der Waals surface area contributed by atoms with Gasteiger partial charge in [-0.05, 0) is 91.8 Å². The van der Waals surface area contributed by atoms with Crippen molar-refractivity contribution in [3.05, 3.63) is 88.7 Å². The minimum absolute atomic E-state index is 0.0486. The minimum atomic E-state index is -0.263. The highest BCUT2D eigenvalue weighted by Gasteiger charge is 2.34. The summed E-state index contributed by atoms with van der Waals surface area (Å²) < 4.78 is 14.3. The van der Waals surface area contributed by atoms with Crippen LogP contribution in [-0.2, 0) is 16.0 Å². The molecule has 1 aliphatic rings. The predicted octanol–water partition coefficient (Wildman–Crippen LogP) is 5.88. The Hall–Kier alpha value is -4.00. The molecule has 0 saturated carbocycles. The lowest BCUT2D eigenvalue weighted by Crippen LogP contribution is -2.46. The Labute approximate surface area is 216 Å². The van der Waals surface area contributed by atoms with Crippen LogP contribution in [0.25, 0.3) is 0 Å². The monoisotopic (exact) mass is 501 g/mol. The summed E-state index contributed by atoms with van der Waals surface area (Å²) in [6.45, 7) is 7.67. The molecule has 2 N–H and O–H groups in total. The molecular formula is C30H32FN3O3. The molecule has 0 radical (unpaired) electrons. The van der Waals surface area contributed by atoms with E-state index in [0.717, 1.165) is 16.8 Å². The van der Waals surface area contributed by atoms with Crippen molar-refractivity contribution in [2.75, 3.05) is 22.1 Å². The Morgan fingerprint density at radius 2 is 1.57 bits per heavy atom. The van der Waals surface area contributed by atoms with Crippen LogP contribution in [0.15, 0.2) is 60.7 Å². The molecule has 37 heavy (non-hydrogen) atoms. The topological polar surface area (TPSA) is 78.5 Å². The van der Waals surface area contributed by atoms with Crippen molar-refractivity contribution in [2.45, 2.75) is 40.5 Å². The summed E-state index contributed by atoms with van der Waals surface area (Å²) in [7, 11) is 0. The van der Waals surface area contributed by atoms with Crippen LogP contribution in [0.1, 0.15) is 47.3 Å². The van der Waals surface area contributed by atoms with Crippen LogP contribution in [0.5, 0.6) is 0 Å². The van der Waals surface area contributed by atoms with Crippen molar-refractivity contribution in [3.8, 4) is 0 Å². The molecule has 0 bridgehead atoms. The molecule has 3 aromatic carbocycles. The quantitative estimate of drug-likeness (QED) is 0.442. The first-order chi connectivity index (χ1) is 17.6. The third kappa shape index (κ3) is 6.05. The van der Waals surface area contributed by atoms with Gasteiger partial charge in [-0.25, -0.2) is 4.39 Å². The van der Waals surface area contributed by atoms with E-state index in [0.29, 0.717) is 41.9 Å². The average Bonchev–Trinajstić information content (AvgIpc) is 2.84. The van der Waals surface area contributed by atoms with Crippen LogP contribution < -0.4 is 15.5 Å². The Morgan fingerprint density at radius 3 is 2.16 bits per heavy atom. The molecule has 0 spiro atoms. The van der Waals surface area contributed by atoms with Gasteiger partial charge in [0.05, 0.1) is 0 Å². The fourth-order valence-electron chi connectivity index (χ4n) is 5.17. The van der Waals surface area contributed by atoms with Crippen molar-refractivity contribution in [1.29, 1.82) is 0 Å². The van der Waals surface area contributed by atoms with Gasteiger partial charge in [0.15, 0.2) is 0 Å². The van der Waals surface area contributed by atoms with Gasteiger partial charge in [-0.1, -0.05) is 25.1 Å². The van der Waals surface area contributed by atoms with E-state index >= 15 is 0 Å². The highest BCUT2D eigenvalue weighted by molar-refractivity contribution is 6.06. The molecule has 6 nitrogen and oxygen atoms in total. The number of hydrogen-bond donors (Lipinski definition) is 2. The van der Waals surface area contributed by atoms with Crippen LogP contribution in [0, 0.1) is 31.5 Å². The first kappa shape index (κ1) is 26.1. The molecule has 1 saturated heterocycles. The first-order valence-electron chi connectivity index (χ1n) is 12.5. The average molecular weight is 502 g/mol. The molecular weight excluding hydrogens is 469 g/mol. The molecule has 1 aliphatic heterocycles. The lowest BCUT2D eigenvalue weighted by atomic mass is 9.84. The fourth-order valence-corrected chi connectivity index (χ4v) is 5.17. The number of nitrogens with zero attached hydrogens (tertiary/aromatic N) is 1. The first-order valence-corrected chi connectivity index (χ1v) is 12.5. The van der Waals surface area contributed by atoms with Gasteiger partial charge in [-0.15, -0.1) is 0 Å². The number of anilines is 3. The fraction of sp³-hybridized carbons (Fsp3) is 0.300. The summed E-state index contributed by atoms with van der Waals surface area (Å²) in [5.74, 6) is -0.637. The molecule has 0 unspecified atom stereocenters. The van der Waals surface area contributed by atoms with Gasteiger partial charge in [-0.3, -0.25) is 14.4 Å². The van der Waals surface area contributed by atoms with Gasteiger partial charge < -0.3 is 15.5 Å². The number of carbonyl (C=O) groups is 3. The number of piperidine rings is 1. The molecule has 0 aromatic heterocycles. The van der Waals surface area contributed by atoms with Crippen LogP contribution in [-0.4, -0.2) is 24.3 Å². The maximum Gasteiger partial charge on any atom is 0.255 e. The second-order valence-electron chi connectivity index (χ2n) is 9.92. The maximum atomic E-state index is 14.3. The molecule has 192 valence electrons. The van der Waals surface area contributed by atoms with Crippen molar-refractivity contribution in [2.24, 2.45) is 11.8 Å². The molecule has 0 aliphatic carbocycles. The van der Waals surface area contributed by atoms with E-state index in [1.165, 1.54) is 13.0 Å². The zero-order chi connectivity index (χ0) is 26.7. The van der Waals surface area contributed by atoms with Crippen molar-refractivity contribution in [1.82, 2.24) is 0 Å². The van der Waals surface area contributed by atoms with E-state index in [9.17, 15) is 18.8 Å². The number of amides is 3. The molecule has 2 atom stereocenters. The predicted molar refractivity (Wildman–Crippen MR) is 144 cm³/mol. The lowest BCUT2D eigenvalue weighted by Gasteiger charge is -2.38. The summed E-state index contributed by atoms with van der Waals surface area (Å²) in [5, 5.41) is 5.57. The molecule has 7 heteroatoms. The van der Waals surface area contributed by atoms with E-state index in [4.69, 9.17) is 0 Å². The van der Waals surface area contributed by atoms with Crippen LogP contribution in [0.4, 0.5) is 21.5 Å². The summed E-state index contributed by atoms with van der Waals surface area (Å²) in [4.78, 5) is 39.2. The van der Waals surface area contributed by atoms with E-state index in [-0.39, 0.29) is 35.4 Å². The number of nitrogens with one attached hydrogen (secondary N) is 2. The van der Waals surface area contributed by atoms with E-state index in [1.54, 1.807) is 48.5 Å². The van der Waals surface area contributed by atoms with Crippen molar-refractivity contribution >= 4 is 34.8 Å². The van der Waals surface area contributed by atoms with Gasteiger partial charge in [0, 0.05) is 42.0 Å². The Balaban J connectivity index is 1.52. The Kier molecular flexibility index (Phi) is 7.71. The highest BCUT2D eigenvalue weighted by Crippen LogP contribution is 2.34. The summed E-state index contributed by atoms with van der Waals surface area (Å²) in [6.07, 6.45) is 1.28. The normalized spacial score (nSPS) is 17.4. The largest absolute Gasteiger partial charge is 0.326 e. The number of benzene rings is 3. The van der Waals surface area contributed by atoms with Gasteiger partial charge in [0.2, 0.25) is 11.8 Å². The molecule has 1 heterocycles. The summed E-state index contributed by atoms with van der Waals surface area (Å²) in [5.41, 5.74) is 4.89. The maximum absolute atomic E-state index is 14.3. The summed E-state index contributed by atoms with van der Waals surface area (Å²) in [6, 6.07) is 17.3. The Bertz CT molecular complexity index is 1310. The van der Waals surface area contributed by atoms with Gasteiger partial charge >= 0.3 is 0 Å². The second-order valence-corrected chi connectivity index (χ2v) is 9.92. The van der Waals surface area contributed by atoms with E-state index in [1.807, 2.05) is 31.7 Å². The standard InChI is InChI=1S/C30H32FN3O3/c1-18-14-24(29(36)33-26-11-9-25(10-12-26)32-21(4)35)15-19(2)28(18)34-17-22(13-20(3)30(34)37)16-23-7-5-6-8-27(23)31/h5-12,14-15,20,22H,13,16-17H2,1-4H3,(H,32,35)(H,33,36)/t20-,22-/m1/s1. The minimum Gasteiger partial charge on any atom is -0.326 e. The summed E-state index contributed by atoms with van der Waals surface area (Å²) >= 11 is 0. The third-order valence-electron chi connectivity index (χ3n) is 6.77. The van der Waals surface area contributed by atoms with Gasteiger partial charge in [0.1, 0.15) is 5.82 Å². The highest BCUT2D eigenvalue weighted by atomic mass is 19.1. The number of halogens is 1. The van der Waals surface area contributed by atoms with E-state index in [2.05, 4.69) is 10.6 Å². The van der Waals surface area contributed by atoms with Crippen molar-refractivity contribution in [3.63, 3.8) is 0 Å². The molecule has 4 rings (SSSR count). The third-order valence-corrected chi connectivity index (χ3v) is 6.77. The van der Waals surface area contributed by atoms with E-state index < -0.39 is 0 Å². The number of carbonyl (C=O) groups excluding carboxylic acids is 3. The van der Waals surface area contributed by atoms with Crippen LogP contribution >= 0.6 is 0 Å². The zero-order valence-electron chi connectivity index (χ0n) is 21.6.